The first-order valence-electron chi connectivity index (χ1n) is 13.3. The zero-order chi connectivity index (χ0) is 21.0. The zero-order valence-corrected chi connectivity index (χ0v) is 20.3. The van der Waals surface area contributed by atoms with Gasteiger partial charge in [-0.3, -0.25) is 0 Å². The van der Waals surface area contributed by atoms with E-state index in [0.29, 0.717) is 6.04 Å². The van der Waals surface area contributed by atoms with Gasteiger partial charge < -0.3 is 0 Å². The highest BCUT2D eigenvalue weighted by Crippen LogP contribution is 2.15. The van der Waals surface area contributed by atoms with Gasteiger partial charge in [-0.25, -0.2) is 9.13 Å². The normalized spacial score (nSPS) is 12.5. The van der Waals surface area contributed by atoms with Crippen LogP contribution in [-0.2, 0) is 6.54 Å². The van der Waals surface area contributed by atoms with E-state index in [-0.39, 0.29) is 0 Å². The third kappa shape index (κ3) is 14.8. The van der Waals surface area contributed by atoms with E-state index in [1.807, 2.05) is 0 Å². The molecule has 1 rings (SSSR count). The Balaban J connectivity index is 1.91. The topological polar surface area (TPSA) is 8.81 Å². The molecule has 1 aromatic heterocycles. The highest BCUT2D eigenvalue weighted by atomic mass is 15.1. The number of rotatable bonds is 21. The predicted octanol–water partition coefficient (Wildman–Crippen LogP) is 8.79. The van der Waals surface area contributed by atoms with Crippen LogP contribution < -0.4 is 4.57 Å². The molecule has 0 bridgehead atoms. The Morgan fingerprint density at radius 3 is 1.59 bits per heavy atom. The van der Waals surface area contributed by atoms with Crippen LogP contribution in [0, 0.1) is 0 Å². The molecule has 1 unspecified atom stereocenters. The molecule has 0 radical (unpaired) electrons. The second-order valence-electron chi connectivity index (χ2n) is 9.39. The van der Waals surface area contributed by atoms with Crippen molar-refractivity contribution in [1.82, 2.24) is 4.57 Å². The van der Waals surface area contributed by atoms with Gasteiger partial charge in [-0.1, -0.05) is 110 Å². The monoisotopic (exact) mass is 405 g/mol. The summed E-state index contributed by atoms with van der Waals surface area (Å²) in [5.41, 5.74) is 0. The minimum Gasteiger partial charge on any atom is -0.237 e. The lowest BCUT2D eigenvalue weighted by Crippen LogP contribution is -2.31. The fourth-order valence-electron chi connectivity index (χ4n) is 4.31. The van der Waals surface area contributed by atoms with Gasteiger partial charge in [-0.15, -0.1) is 0 Å². The van der Waals surface area contributed by atoms with Crippen molar-refractivity contribution in [3.8, 4) is 0 Å². The van der Waals surface area contributed by atoms with E-state index >= 15 is 0 Å². The molecule has 1 aromatic rings. The Hall–Kier alpha value is -0.790. The molecule has 0 aliphatic carbocycles. The summed E-state index contributed by atoms with van der Waals surface area (Å²) in [4.78, 5) is 0. The summed E-state index contributed by atoms with van der Waals surface area (Å²) < 4.78 is 4.80. The van der Waals surface area contributed by atoms with Gasteiger partial charge in [-0.2, -0.15) is 0 Å². The van der Waals surface area contributed by atoms with Gasteiger partial charge in [0.1, 0.15) is 12.4 Å². The molecule has 2 nitrogen and oxygen atoms in total. The van der Waals surface area contributed by atoms with Gasteiger partial charge in [0.2, 0.25) is 6.33 Å². The number of hydrogen-bond donors (Lipinski definition) is 0. The maximum atomic E-state index is 2.41. The highest BCUT2D eigenvalue weighted by molar-refractivity contribution is 4.72. The maximum absolute atomic E-state index is 2.41. The van der Waals surface area contributed by atoms with E-state index in [1.165, 1.54) is 129 Å². The average Bonchev–Trinajstić information content (AvgIpc) is 3.20. The molecule has 0 amide bonds. The fourth-order valence-corrected chi connectivity index (χ4v) is 4.31. The summed E-state index contributed by atoms with van der Waals surface area (Å²) in [5, 5.41) is 0. The molecule has 0 aliphatic rings. The maximum Gasteiger partial charge on any atom is 0.243 e. The van der Waals surface area contributed by atoms with E-state index in [1.54, 1.807) is 0 Å². The Morgan fingerprint density at radius 2 is 1.07 bits per heavy atom. The molecule has 1 heterocycles. The number of nitrogens with zero attached hydrogens (tertiary/aromatic N) is 2. The third-order valence-electron chi connectivity index (χ3n) is 6.47. The minimum atomic E-state index is 0.643. The second-order valence-corrected chi connectivity index (χ2v) is 9.39. The molecule has 0 saturated carbocycles. The standard InChI is InChI=1S/C27H53N2/c1-4-6-8-10-11-12-13-14-15-16-17-18-19-21-23-28-24-25-29(26-28)27(3)22-20-9-7-5-2/h24-27H,4-23H2,1-3H3/q+1. The van der Waals surface area contributed by atoms with Crippen molar-refractivity contribution in [2.75, 3.05) is 0 Å². The molecule has 0 fully saturated rings. The predicted molar refractivity (Wildman–Crippen MR) is 128 cm³/mol. The molecule has 170 valence electrons. The summed E-state index contributed by atoms with van der Waals surface area (Å²) >= 11 is 0. The number of aromatic nitrogens is 2. The Labute approximate surface area is 183 Å². The average molecular weight is 406 g/mol. The Bertz CT molecular complexity index is 451. The quantitative estimate of drug-likeness (QED) is 0.143. The van der Waals surface area contributed by atoms with Crippen LogP contribution in [0.25, 0.3) is 0 Å². The van der Waals surface area contributed by atoms with Crippen LogP contribution in [0.2, 0.25) is 0 Å². The van der Waals surface area contributed by atoms with Crippen molar-refractivity contribution < 1.29 is 4.57 Å². The van der Waals surface area contributed by atoms with E-state index in [2.05, 4.69) is 48.6 Å². The molecule has 0 saturated heterocycles. The first-order chi connectivity index (χ1) is 14.3. The number of aryl methyl sites for hydroxylation is 1. The Morgan fingerprint density at radius 1 is 0.621 bits per heavy atom. The molecule has 0 aromatic carbocycles. The molecular weight excluding hydrogens is 352 g/mol. The van der Waals surface area contributed by atoms with Crippen LogP contribution in [0.3, 0.4) is 0 Å². The summed E-state index contributed by atoms with van der Waals surface area (Å²) in [6, 6.07) is 0.643. The number of unbranched alkanes of at least 4 members (excludes halogenated alkanes) is 16. The van der Waals surface area contributed by atoms with Crippen LogP contribution in [0.15, 0.2) is 18.7 Å². The van der Waals surface area contributed by atoms with Crippen molar-refractivity contribution in [3.05, 3.63) is 18.7 Å². The summed E-state index contributed by atoms with van der Waals surface area (Å²) in [6.07, 6.45) is 33.7. The fraction of sp³-hybridized carbons (Fsp3) is 0.889. The SMILES string of the molecule is CCCCCCCCCCCCCCCC[n+]1ccn(C(C)CCCCCC)c1. The first kappa shape index (κ1) is 26.2. The largest absolute Gasteiger partial charge is 0.243 e. The van der Waals surface area contributed by atoms with E-state index < -0.39 is 0 Å². The minimum absolute atomic E-state index is 0.643. The van der Waals surface area contributed by atoms with Crippen molar-refractivity contribution >= 4 is 0 Å². The zero-order valence-electron chi connectivity index (χ0n) is 20.3. The van der Waals surface area contributed by atoms with Crippen molar-refractivity contribution in [3.63, 3.8) is 0 Å². The van der Waals surface area contributed by atoms with Gasteiger partial charge >= 0.3 is 0 Å². The van der Waals surface area contributed by atoms with Gasteiger partial charge in [0.05, 0.1) is 12.6 Å². The molecule has 0 spiro atoms. The summed E-state index contributed by atoms with van der Waals surface area (Å²) in [6.45, 7) is 8.14. The lowest BCUT2D eigenvalue weighted by atomic mass is 10.0. The molecule has 2 heteroatoms. The van der Waals surface area contributed by atoms with Crippen LogP contribution in [0.1, 0.15) is 149 Å². The van der Waals surface area contributed by atoms with Crippen LogP contribution in [-0.4, -0.2) is 4.57 Å². The van der Waals surface area contributed by atoms with Crippen LogP contribution in [0.5, 0.6) is 0 Å². The lowest BCUT2D eigenvalue weighted by Gasteiger charge is -2.07. The molecule has 0 aliphatic heterocycles. The number of hydrogen-bond acceptors (Lipinski definition) is 0. The van der Waals surface area contributed by atoms with Gasteiger partial charge in [0.15, 0.2) is 0 Å². The van der Waals surface area contributed by atoms with E-state index in [0.717, 1.165) is 0 Å². The van der Waals surface area contributed by atoms with Crippen molar-refractivity contribution in [2.24, 2.45) is 0 Å². The molecular formula is C27H53N2+. The molecule has 29 heavy (non-hydrogen) atoms. The highest BCUT2D eigenvalue weighted by Gasteiger charge is 2.11. The summed E-state index contributed by atoms with van der Waals surface area (Å²) in [7, 11) is 0. The first-order valence-corrected chi connectivity index (χ1v) is 13.3. The van der Waals surface area contributed by atoms with Crippen LogP contribution in [0.4, 0.5) is 0 Å². The van der Waals surface area contributed by atoms with Crippen molar-refractivity contribution in [2.45, 2.75) is 155 Å². The van der Waals surface area contributed by atoms with Crippen molar-refractivity contribution in [1.29, 1.82) is 0 Å². The van der Waals surface area contributed by atoms with E-state index in [9.17, 15) is 0 Å². The van der Waals surface area contributed by atoms with E-state index in [4.69, 9.17) is 0 Å². The third-order valence-corrected chi connectivity index (χ3v) is 6.47. The number of imidazole rings is 1. The summed E-state index contributed by atoms with van der Waals surface area (Å²) in [5.74, 6) is 0. The second kappa shape index (κ2) is 19.2. The van der Waals surface area contributed by atoms with Gasteiger partial charge in [-0.05, 0) is 32.6 Å². The molecule has 0 N–H and O–H groups in total. The Kier molecular flexibility index (Phi) is 17.4. The van der Waals surface area contributed by atoms with Gasteiger partial charge in [0.25, 0.3) is 0 Å². The smallest absolute Gasteiger partial charge is 0.237 e. The molecule has 1 atom stereocenters. The van der Waals surface area contributed by atoms with Crippen LogP contribution >= 0.6 is 0 Å². The lowest BCUT2D eigenvalue weighted by molar-refractivity contribution is -0.697. The van der Waals surface area contributed by atoms with Gasteiger partial charge in [0, 0.05) is 0 Å².